The first-order valence-electron chi connectivity index (χ1n) is 8.06. The van der Waals surface area contributed by atoms with E-state index in [1.165, 1.54) is 22.9 Å². The Hall–Kier alpha value is -1.82. The van der Waals surface area contributed by atoms with E-state index in [1.807, 2.05) is 6.07 Å². The van der Waals surface area contributed by atoms with Crippen LogP contribution in [0.2, 0.25) is 5.02 Å². The van der Waals surface area contributed by atoms with Gasteiger partial charge in [0, 0.05) is 30.2 Å². The molecule has 2 aromatic rings. The highest BCUT2D eigenvalue weighted by atomic mass is 35.5. The quantitative estimate of drug-likeness (QED) is 0.731. The van der Waals surface area contributed by atoms with Crippen molar-refractivity contribution in [3.05, 3.63) is 69.7 Å². The van der Waals surface area contributed by atoms with E-state index in [-0.39, 0.29) is 23.2 Å². The first-order chi connectivity index (χ1) is 12.1. The minimum absolute atomic E-state index is 0.000545. The van der Waals surface area contributed by atoms with E-state index in [2.05, 4.69) is 22.8 Å². The van der Waals surface area contributed by atoms with Gasteiger partial charge >= 0.3 is 0 Å². The third kappa shape index (κ3) is 5.08. The van der Waals surface area contributed by atoms with Crippen molar-refractivity contribution in [1.29, 1.82) is 0 Å². The standard InChI is InChI=1S/C19H19ClN2O2S/c20-17-5-3-14(4-6-17)18(23)11-25-12-19(24)22-8-13-1-2-15-9-21-10-16(15)7-13/h1-7,21H,8-12H2,(H,22,24). The molecule has 1 aliphatic heterocycles. The number of fused-ring (bicyclic) bond motifs is 1. The van der Waals surface area contributed by atoms with E-state index >= 15 is 0 Å². The van der Waals surface area contributed by atoms with Crippen molar-refractivity contribution in [2.75, 3.05) is 11.5 Å². The van der Waals surface area contributed by atoms with Gasteiger partial charge < -0.3 is 10.6 Å². The number of amides is 1. The molecule has 2 N–H and O–H groups in total. The van der Waals surface area contributed by atoms with Crippen LogP contribution in [0.5, 0.6) is 0 Å². The Morgan fingerprint density at radius 3 is 2.60 bits per heavy atom. The van der Waals surface area contributed by atoms with E-state index in [9.17, 15) is 9.59 Å². The second kappa shape index (κ2) is 8.52. The van der Waals surface area contributed by atoms with Crippen LogP contribution >= 0.6 is 23.4 Å². The van der Waals surface area contributed by atoms with Crippen molar-refractivity contribution in [2.45, 2.75) is 19.6 Å². The van der Waals surface area contributed by atoms with E-state index < -0.39 is 0 Å². The van der Waals surface area contributed by atoms with Gasteiger partial charge in [0.1, 0.15) is 0 Å². The lowest BCUT2D eigenvalue weighted by Crippen LogP contribution is -2.25. The zero-order valence-corrected chi connectivity index (χ0v) is 15.3. The molecule has 1 amide bonds. The molecule has 0 saturated carbocycles. The third-order valence-corrected chi connectivity index (χ3v) is 5.21. The lowest BCUT2D eigenvalue weighted by Gasteiger charge is -2.07. The largest absolute Gasteiger partial charge is 0.351 e. The van der Waals surface area contributed by atoms with E-state index in [0.29, 0.717) is 17.1 Å². The summed E-state index contributed by atoms with van der Waals surface area (Å²) in [5.74, 6) is 0.485. The topological polar surface area (TPSA) is 58.2 Å². The average molecular weight is 375 g/mol. The number of ketones is 1. The Labute approximate surface area is 156 Å². The smallest absolute Gasteiger partial charge is 0.230 e. The summed E-state index contributed by atoms with van der Waals surface area (Å²) in [6, 6.07) is 13.1. The summed E-state index contributed by atoms with van der Waals surface area (Å²) in [4.78, 5) is 24.0. The van der Waals surface area contributed by atoms with Gasteiger partial charge in [-0.2, -0.15) is 0 Å². The van der Waals surface area contributed by atoms with E-state index in [0.717, 1.165) is 18.7 Å². The van der Waals surface area contributed by atoms with Gasteiger partial charge in [-0.15, -0.1) is 11.8 Å². The predicted molar refractivity (Wildman–Crippen MR) is 102 cm³/mol. The van der Waals surface area contributed by atoms with Crippen LogP contribution in [0.3, 0.4) is 0 Å². The zero-order valence-electron chi connectivity index (χ0n) is 13.7. The summed E-state index contributed by atoms with van der Waals surface area (Å²) in [6.07, 6.45) is 0. The summed E-state index contributed by atoms with van der Waals surface area (Å²) in [5, 5.41) is 6.81. The fraction of sp³-hybridized carbons (Fsp3) is 0.263. The predicted octanol–water partition coefficient (Wildman–Crippen LogP) is 3.18. The van der Waals surface area contributed by atoms with Crippen LogP contribution in [-0.2, 0) is 24.4 Å². The number of benzene rings is 2. The zero-order chi connectivity index (χ0) is 17.6. The van der Waals surface area contributed by atoms with Gasteiger partial charge in [-0.25, -0.2) is 0 Å². The molecular weight excluding hydrogens is 356 g/mol. The first kappa shape index (κ1) is 18.0. The molecule has 2 aromatic carbocycles. The van der Waals surface area contributed by atoms with Crippen LogP contribution in [0.1, 0.15) is 27.0 Å². The number of thioether (sulfide) groups is 1. The number of rotatable bonds is 7. The number of nitrogens with one attached hydrogen (secondary N) is 2. The minimum atomic E-state index is -0.0625. The van der Waals surface area contributed by atoms with E-state index in [1.54, 1.807) is 24.3 Å². The van der Waals surface area contributed by atoms with Gasteiger partial charge in [0.25, 0.3) is 0 Å². The van der Waals surface area contributed by atoms with Crippen LogP contribution in [-0.4, -0.2) is 23.2 Å². The Balaban J connectivity index is 1.39. The molecule has 0 unspecified atom stereocenters. The molecule has 0 atom stereocenters. The summed E-state index contributed by atoms with van der Waals surface area (Å²) in [5.41, 5.74) is 4.34. The van der Waals surface area contributed by atoms with Crippen molar-refractivity contribution in [1.82, 2.24) is 10.6 Å². The molecule has 0 spiro atoms. The molecule has 0 bridgehead atoms. The minimum Gasteiger partial charge on any atom is -0.351 e. The summed E-state index contributed by atoms with van der Waals surface area (Å²) < 4.78 is 0. The van der Waals surface area contributed by atoms with E-state index in [4.69, 9.17) is 11.6 Å². The maximum Gasteiger partial charge on any atom is 0.230 e. The number of hydrogen-bond acceptors (Lipinski definition) is 4. The maximum atomic E-state index is 12.0. The van der Waals surface area contributed by atoms with Crippen molar-refractivity contribution in [2.24, 2.45) is 0 Å². The van der Waals surface area contributed by atoms with Crippen LogP contribution in [0.25, 0.3) is 0 Å². The molecule has 130 valence electrons. The Morgan fingerprint density at radius 2 is 1.80 bits per heavy atom. The molecule has 1 aliphatic rings. The Kier molecular flexibility index (Phi) is 6.13. The second-order valence-corrected chi connectivity index (χ2v) is 7.33. The summed E-state index contributed by atoms with van der Waals surface area (Å²) in [6.45, 7) is 2.32. The van der Waals surface area contributed by atoms with Crippen LogP contribution in [0, 0.1) is 0 Å². The van der Waals surface area contributed by atoms with Gasteiger partial charge in [-0.05, 0) is 41.0 Å². The molecule has 0 saturated heterocycles. The molecule has 4 nitrogen and oxygen atoms in total. The lowest BCUT2D eigenvalue weighted by molar-refractivity contribution is -0.118. The molecule has 0 aromatic heterocycles. The van der Waals surface area contributed by atoms with Crippen molar-refractivity contribution in [3.8, 4) is 0 Å². The third-order valence-electron chi connectivity index (χ3n) is 4.02. The second-order valence-electron chi connectivity index (χ2n) is 5.91. The average Bonchev–Trinajstić information content (AvgIpc) is 3.08. The molecule has 0 aliphatic carbocycles. The number of Topliss-reactive ketones (excluding diaryl/α,β-unsaturated/α-hetero) is 1. The van der Waals surface area contributed by atoms with Crippen LogP contribution < -0.4 is 10.6 Å². The fourth-order valence-electron chi connectivity index (χ4n) is 2.67. The molecule has 0 radical (unpaired) electrons. The maximum absolute atomic E-state index is 12.0. The van der Waals surface area contributed by atoms with Gasteiger partial charge in [0.15, 0.2) is 5.78 Å². The van der Waals surface area contributed by atoms with Gasteiger partial charge in [-0.1, -0.05) is 29.8 Å². The number of carbonyl (C=O) groups excluding carboxylic acids is 2. The van der Waals surface area contributed by atoms with Crippen molar-refractivity contribution < 1.29 is 9.59 Å². The molecule has 1 heterocycles. The highest BCUT2D eigenvalue weighted by Crippen LogP contribution is 2.17. The summed E-state index contributed by atoms with van der Waals surface area (Å²) >= 11 is 7.12. The van der Waals surface area contributed by atoms with Crippen LogP contribution in [0.15, 0.2) is 42.5 Å². The molecule has 6 heteroatoms. The van der Waals surface area contributed by atoms with Crippen molar-refractivity contribution >= 4 is 35.1 Å². The monoisotopic (exact) mass is 374 g/mol. The highest BCUT2D eigenvalue weighted by molar-refractivity contribution is 8.00. The molecule has 3 rings (SSSR count). The summed E-state index contributed by atoms with van der Waals surface area (Å²) in [7, 11) is 0. The number of halogens is 1. The van der Waals surface area contributed by atoms with Crippen LogP contribution in [0.4, 0.5) is 0 Å². The highest BCUT2D eigenvalue weighted by Gasteiger charge is 2.11. The molecular formula is C19H19ClN2O2S. The van der Waals surface area contributed by atoms with Gasteiger partial charge in [0.05, 0.1) is 11.5 Å². The number of hydrogen-bond donors (Lipinski definition) is 2. The Bertz CT molecular complexity index is 777. The fourth-order valence-corrected chi connectivity index (χ4v) is 3.53. The lowest BCUT2D eigenvalue weighted by atomic mass is 10.1. The van der Waals surface area contributed by atoms with Gasteiger partial charge in [0.2, 0.25) is 5.91 Å². The number of carbonyl (C=O) groups is 2. The first-order valence-corrected chi connectivity index (χ1v) is 9.60. The normalized spacial score (nSPS) is 12.7. The molecule has 0 fully saturated rings. The SMILES string of the molecule is O=C(CSCC(=O)c1ccc(Cl)cc1)NCc1ccc2c(c1)CNC2. The molecule has 25 heavy (non-hydrogen) atoms. The van der Waals surface area contributed by atoms with Crippen molar-refractivity contribution in [3.63, 3.8) is 0 Å². The van der Waals surface area contributed by atoms with Gasteiger partial charge in [-0.3, -0.25) is 9.59 Å². The Morgan fingerprint density at radius 1 is 1.04 bits per heavy atom.